The fraction of sp³-hybridized carbons (Fsp3) is 0.462. The highest BCUT2D eigenvalue weighted by atomic mass is 35.5. The van der Waals surface area contributed by atoms with Gasteiger partial charge in [0, 0.05) is 26.2 Å². The minimum absolute atomic E-state index is 0. The van der Waals surface area contributed by atoms with Gasteiger partial charge in [-0.05, 0) is 17.7 Å². The van der Waals surface area contributed by atoms with Crippen LogP contribution in [0.4, 0.5) is 0 Å². The first-order chi connectivity index (χ1) is 8.72. The molecule has 1 saturated heterocycles. The molecule has 0 amide bonds. The molecule has 1 fully saturated rings. The second-order valence-corrected chi connectivity index (χ2v) is 4.41. The Morgan fingerprint density at radius 3 is 2.32 bits per heavy atom. The van der Waals surface area contributed by atoms with Crippen molar-refractivity contribution in [3.05, 3.63) is 35.4 Å². The highest BCUT2D eigenvalue weighted by molar-refractivity contribution is 5.87. The number of aliphatic hydroxyl groups is 1. The van der Waals surface area contributed by atoms with Crippen LogP contribution in [0.5, 0.6) is 0 Å². The Labute approximate surface area is 118 Å². The third-order valence-corrected chi connectivity index (χ3v) is 3.31. The van der Waals surface area contributed by atoms with Gasteiger partial charge in [0.1, 0.15) is 0 Å². The quantitative estimate of drug-likeness (QED) is 0.762. The standard InChI is InChI=1S/C13H18N2O3.ClH/c16-9-12(15-7-5-14-6-8-15)10-1-3-11(4-2-10)13(17)18;/h1-4,12,14,16H,5-9H2,(H,17,18);1H/t12-;/m0./s1. The first-order valence-electron chi connectivity index (χ1n) is 6.11. The zero-order valence-corrected chi connectivity index (χ0v) is 11.4. The number of rotatable bonds is 4. The van der Waals surface area contributed by atoms with Crippen molar-refractivity contribution >= 4 is 18.4 Å². The van der Waals surface area contributed by atoms with Crippen molar-refractivity contribution in [1.82, 2.24) is 10.2 Å². The van der Waals surface area contributed by atoms with Crippen molar-refractivity contribution in [2.24, 2.45) is 0 Å². The van der Waals surface area contributed by atoms with Gasteiger partial charge >= 0.3 is 5.97 Å². The lowest BCUT2D eigenvalue weighted by Gasteiger charge is -2.34. The fourth-order valence-corrected chi connectivity index (χ4v) is 2.27. The van der Waals surface area contributed by atoms with Gasteiger partial charge in [-0.15, -0.1) is 12.4 Å². The van der Waals surface area contributed by atoms with Crippen molar-refractivity contribution in [2.75, 3.05) is 32.8 Å². The van der Waals surface area contributed by atoms with Crippen molar-refractivity contribution < 1.29 is 15.0 Å². The largest absolute Gasteiger partial charge is 0.478 e. The van der Waals surface area contributed by atoms with Gasteiger partial charge in [-0.3, -0.25) is 4.90 Å². The number of piperazine rings is 1. The number of benzene rings is 1. The molecule has 1 atom stereocenters. The number of carboxylic acids is 1. The lowest BCUT2D eigenvalue weighted by atomic mass is 10.0. The SMILES string of the molecule is Cl.O=C(O)c1ccc([C@H](CO)N2CCNCC2)cc1. The van der Waals surface area contributed by atoms with Crippen LogP contribution < -0.4 is 5.32 Å². The summed E-state index contributed by atoms with van der Waals surface area (Å²) >= 11 is 0. The Morgan fingerprint density at radius 1 is 1.26 bits per heavy atom. The molecule has 1 aliphatic rings. The van der Waals surface area contributed by atoms with E-state index in [1.807, 2.05) is 0 Å². The van der Waals surface area contributed by atoms with E-state index in [1.165, 1.54) is 0 Å². The molecule has 0 spiro atoms. The van der Waals surface area contributed by atoms with E-state index in [0.717, 1.165) is 31.7 Å². The second kappa shape index (κ2) is 7.45. The van der Waals surface area contributed by atoms with E-state index in [-0.39, 0.29) is 30.6 Å². The number of nitrogens with one attached hydrogen (secondary N) is 1. The zero-order chi connectivity index (χ0) is 13.0. The molecule has 19 heavy (non-hydrogen) atoms. The number of carboxylic acid groups (broad SMARTS) is 1. The lowest BCUT2D eigenvalue weighted by molar-refractivity contribution is 0.0697. The predicted molar refractivity (Wildman–Crippen MR) is 74.9 cm³/mol. The second-order valence-electron chi connectivity index (χ2n) is 4.41. The summed E-state index contributed by atoms with van der Waals surface area (Å²) < 4.78 is 0. The van der Waals surface area contributed by atoms with Gasteiger partial charge in [0.25, 0.3) is 0 Å². The summed E-state index contributed by atoms with van der Waals surface area (Å²) in [7, 11) is 0. The molecule has 1 heterocycles. The van der Waals surface area contributed by atoms with Gasteiger partial charge in [0.05, 0.1) is 18.2 Å². The molecule has 0 unspecified atom stereocenters. The first kappa shape index (κ1) is 15.9. The average molecular weight is 287 g/mol. The van der Waals surface area contributed by atoms with Crippen LogP contribution in [0.2, 0.25) is 0 Å². The Kier molecular flexibility index (Phi) is 6.24. The lowest BCUT2D eigenvalue weighted by Crippen LogP contribution is -2.46. The summed E-state index contributed by atoms with van der Waals surface area (Å²) in [5.41, 5.74) is 1.24. The van der Waals surface area contributed by atoms with Crippen LogP contribution in [0.15, 0.2) is 24.3 Å². The highest BCUT2D eigenvalue weighted by Crippen LogP contribution is 2.21. The number of aromatic carboxylic acids is 1. The molecule has 0 saturated carbocycles. The fourth-order valence-electron chi connectivity index (χ4n) is 2.27. The van der Waals surface area contributed by atoms with Gasteiger partial charge in [-0.2, -0.15) is 0 Å². The third-order valence-electron chi connectivity index (χ3n) is 3.31. The maximum atomic E-state index is 10.8. The Hall–Kier alpha value is -1.14. The number of hydrogen-bond donors (Lipinski definition) is 3. The summed E-state index contributed by atoms with van der Waals surface area (Å²) in [4.78, 5) is 13.0. The van der Waals surface area contributed by atoms with Crippen LogP contribution in [0.3, 0.4) is 0 Å². The summed E-state index contributed by atoms with van der Waals surface area (Å²) in [6.07, 6.45) is 0. The molecular formula is C13H19ClN2O3. The number of carbonyl (C=O) groups is 1. The molecule has 106 valence electrons. The van der Waals surface area contributed by atoms with Crippen molar-refractivity contribution in [3.63, 3.8) is 0 Å². The smallest absolute Gasteiger partial charge is 0.335 e. The van der Waals surface area contributed by atoms with Crippen molar-refractivity contribution in [2.45, 2.75) is 6.04 Å². The van der Waals surface area contributed by atoms with Crippen molar-refractivity contribution in [1.29, 1.82) is 0 Å². The molecule has 0 bridgehead atoms. The van der Waals surface area contributed by atoms with Gasteiger partial charge < -0.3 is 15.5 Å². The van der Waals surface area contributed by atoms with Crippen LogP contribution >= 0.6 is 12.4 Å². The van der Waals surface area contributed by atoms with Crippen molar-refractivity contribution in [3.8, 4) is 0 Å². The van der Waals surface area contributed by atoms with Crippen LogP contribution in [0, 0.1) is 0 Å². The van der Waals surface area contributed by atoms with E-state index < -0.39 is 5.97 Å². The number of hydrogen-bond acceptors (Lipinski definition) is 4. The van der Waals surface area contributed by atoms with Gasteiger partial charge in [0.2, 0.25) is 0 Å². The van der Waals surface area contributed by atoms with Crippen LogP contribution in [0.1, 0.15) is 22.0 Å². The molecule has 6 heteroatoms. The summed E-state index contributed by atoms with van der Waals surface area (Å²) in [5.74, 6) is -0.927. The highest BCUT2D eigenvalue weighted by Gasteiger charge is 2.21. The van der Waals surface area contributed by atoms with E-state index in [0.29, 0.717) is 0 Å². The molecule has 3 N–H and O–H groups in total. The number of nitrogens with zero attached hydrogens (tertiary/aromatic N) is 1. The van der Waals surface area contributed by atoms with Crippen LogP contribution in [-0.2, 0) is 0 Å². The van der Waals surface area contributed by atoms with Crippen LogP contribution in [-0.4, -0.2) is 53.9 Å². The molecule has 0 aromatic heterocycles. The monoisotopic (exact) mass is 286 g/mol. The molecule has 5 nitrogen and oxygen atoms in total. The molecule has 1 aromatic carbocycles. The Morgan fingerprint density at radius 2 is 1.84 bits per heavy atom. The summed E-state index contributed by atoms with van der Waals surface area (Å²) in [6.45, 7) is 3.68. The third kappa shape index (κ3) is 3.91. The predicted octanol–water partition coefficient (Wildman–Crippen LogP) is 0.745. The molecule has 0 radical (unpaired) electrons. The minimum Gasteiger partial charge on any atom is -0.478 e. The summed E-state index contributed by atoms with van der Waals surface area (Å²) in [6, 6.07) is 6.69. The normalized spacial score (nSPS) is 17.5. The molecule has 0 aliphatic carbocycles. The molecule has 1 aromatic rings. The molecular weight excluding hydrogens is 268 g/mol. The zero-order valence-electron chi connectivity index (χ0n) is 10.6. The Balaban J connectivity index is 0.00000180. The van der Waals surface area contributed by atoms with E-state index >= 15 is 0 Å². The van der Waals surface area contributed by atoms with Gasteiger partial charge in [-0.1, -0.05) is 12.1 Å². The number of halogens is 1. The first-order valence-corrected chi connectivity index (χ1v) is 6.11. The summed E-state index contributed by atoms with van der Waals surface area (Å²) in [5, 5.41) is 21.7. The maximum Gasteiger partial charge on any atom is 0.335 e. The maximum absolute atomic E-state index is 10.8. The van der Waals surface area contributed by atoms with Gasteiger partial charge in [0.15, 0.2) is 0 Å². The molecule has 2 rings (SSSR count). The van der Waals surface area contributed by atoms with Crippen LogP contribution in [0.25, 0.3) is 0 Å². The van der Waals surface area contributed by atoms with E-state index in [4.69, 9.17) is 5.11 Å². The Bertz CT molecular complexity index is 405. The van der Waals surface area contributed by atoms with Gasteiger partial charge in [-0.25, -0.2) is 4.79 Å². The van der Waals surface area contributed by atoms with E-state index in [2.05, 4.69) is 10.2 Å². The topological polar surface area (TPSA) is 72.8 Å². The minimum atomic E-state index is -0.927. The number of aliphatic hydroxyl groups excluding tert-OH is 1. The average Bonchev–Trinajstić information content (AvgIpc) is 2.41. The van der Waals surface area contributed by atoms with E-state index in [1.54, 1.807) is 24.3 Å². The van der Waals surface area contributed by atoms with E-state index in [9.17, 15) is 9.90 Å². The molecule has 1 aliphatic heterocycles.